The number of nitro benzene ring substituents is 2. The van der Waals surface area contributed by atoms with Crippen LogP contribution in [0.25, 0.3) is 10.9 Å². The van der Waals surface area contributed by atoms with E-state index >= 15 is 0 Å². The van der Waals surface area contributed by atoms with Crippen molar-refractivity contribution in [2.24, 2.45) is 0 Å². The molecule has 0 spiro atoms. The van der Waals surface area contributed by atoms with Crippen LogP contribution in [0.3, 0.4) is 0 Å². The molecule has 9 nitrogen and oxygen atoms in total. The van der Waals surface area contributed by atoms with Gasteiger partial charge in [-0.05, 0) is 24.3 Å². The van der Waals surface area contributed by atoms with Crippen molar-refractivity contribution in [1.82, 2.24) is 4.98 Å². The summed E-state index contributed by atoms with van der Waals surface area (Å²) < 4.78 is 0. The van der Waals surface area contributed by atoms with E-state index in [0.29, 0.717) is 5.69 Å². The number of nitro groups is 2. The van der Waals surface area contributed by atoms with E-state index in [-0.39, 0.29) is 5.56 Å². The molecular weight excluding hydrogens is 316 g/mol. The third kappa shape index (κ3) is 2.90. The van der Waals surface area contributed by atoms with Gasteiger partial charge in [0, 0.05) is 34.9 Å². The molecule has 0 saturated heterocycles. The topological polar surface area (TPSA) is 131 Å². The first kappa shape index (κ1) is 15.2. The molecule has 0 unspecified atom stereocenters. The Kier molecular flexibility index (Phi) is 3.66. The van der Waals surface area contributed by atoms with Crippen LogP contribution in [-0.2, 0) is 0 Å². The second-order valence-electron chi connectivity index (χ2n) is 4.99. The molecule has 120 valence electrons. The van der Waals surface area contributed by atoms with Crippen molar-refractivity contribution < 1.29 is 14.6 Å². The number of amides is 1. The number of nitrogens with one attached hydrogen (secondary N) is 2. The lowest BCUT2D eigenvalue weighted by atomic mass is 10.1. The number of aromatic nitrogens is 1. The molecule has 0 radical (unpaired) electrons. The maximum Gasteiger partial charge on any atom is 0.277 e. The molecule has 1 amide bonds. The average Bonchev–Trinajstić information content (AvgIpc) is 3.01. The summed E-state index contributed by atoms with van der Waals surface area (Å²) in [6, 6.07) is 9.76. The van der Waals surface area contributed by atoms with Gasteiger partial charge in [0.05, 0.1) is 21.5 Å². The Morgan fingerprint density at radius 3 is 2.25 bits per heavy atom. The number of carbonyl (C=O) groups is 1. The van der Waals surface area contributed by atoms with E-state index in [0.717, 1.165) is 29.1 Å². The van der Waals surface area contributed by atoms with E-state index < -0.39 is 27.1 Å². The Morgan fingerprint density at radius 2 is 1.62 bits per heavy atom. The predicted molar refractivity (Wildman–Crippen MR) is 86.0 cm³/mol. The zero-order valence-electron chi connectivity index (χ0n) is 12.1. The summed E-state index contributed by atoms with van der Waals surface area (Å²) >= 11 is 0. The van der Waals surface area contributed by atoms with Gasteiger partial charge in [-0.25, -0.2) is 0 Å². The molecule has 3 aromatic rings. The van der Waals surface area contributed by atoms with Crippen LogP contribution >= 0.6 is 0 Å². The third-order valence-electron chi connectivity index (χ3n) is 3.40. The molecule has 0 aliphatic heterocycles. The molecule has 0 bridgehead atoms. The highest BCUT2D eigenvalue weighted by Crippen LogP contribution is 2.24. The third-order valence-corrected chi connectivity index (χ3v) is 3.40. The summed E-state index contributed by atoms with van der Waals surface area (Å²) in [5.74, 6) is -0.670. The van der Waals surface area contributed by atoms with Crippen molar-refractivity contribution in [3.05, 3.63) is 74.5 Å². The summed E-state index contributed by atoms with van der Waals surface area (Å²) in [5.41, 5.74) is 0.163. The minimum atomic E-state index is -0.782. The number of nitrogens with zero attached hydrogens (tertiary/aromatic N) is 2. The van der Waals surface area contributed by atoms with Gasteiger partial charge in [-0.3, -0.25) is 25.0 Å². The van der Waals surface area contributed by atoms with E-state index in [4.69, 9.17) is 0 Å². The average molecular weight is 326 g/mol. The summed E-state index contributed by atoms with van der Waals surface area (Å²) in [7, 11) is 0. The van der Waals surface area contributed by atoms with Gasteiger partial charge in [0.25, 0.3) is 17.3 Å². The molecule has 0 aliphatic rings. The van der Waals surface area contributed by atoms with Gasteiger partial charge in [0.2, 0.25) is 0 Å². The van der Waals surface area contributed by atoms with Crippen LogP contribution in [0.5, 0.6) is 0 Å². The maximum atomic E-state index is 12.3. The predicted octanol–water partition coefficient (Wildman–Crippen LogP) is 3.24. The molecule has 2 aromatic carbocycles. The van der Waals surface area contributed by atoms with Crippen molar-refractivity contribution in [2.75, 3.05) is 5.32 Å². The zero-order chi connectivity index (χ0) is 17.3. The number of anilines is 1. The minimum Gasteiger partial charge on any atom is -0.361 e. The molecule has 0 saturated carbocycles. The van der Waals surface area contributed by atoms with Gasteiger partial charge in [0.15, 0.2) is 0 Å². The summed E-state index contributed by atoms with van der Waals surface area (Å²) in [5, 5.41) is 25.2. The normalized spacial score (nSPS) is 10.5. The van der Waals surface area contributed by atoms with Crippen LogP contribution in [-0.4, -0.2) is 20.7 Å². The number of non-ortho nitro benzene ring substituents is 2. The van der Waals surface area contributed by atoms with E-state index in [9.17, 15) is 25.0 Å². The SMILES string of the molecule is O=C(Nc1ccc2[nH]ccc2c1)c1cc([N+](=O)[O-])cc([N+](=O)[O-])c1. The molecule has 24 heavy (non-hydrogen) atoms. The quantitative estimate of drug-likeness (QED) is 0.561. The Bertz CT molecular complexity index is 947. The maximum absolute atomic E-state index is 12.3. The van der Waals surface area contributed by atoms with Gasteiger partial charge >= 0.3 is 0 Å². The van der Waals surface area contributed by atoms with Gasteiger partial charge in [0.1, 0.15) is 0 Å². The Morgan fingerprint density at radius 1 is 0.958 bits per heavy atom. The van der Waals surface area contributed by atoms with Crippen molar-refractivity contribution >= 4 is 33.9 Å². The zero-order valence-corrected chi connectivity index (χ0v) is 12.1. The lowest BCUT2D eigenvalue weighted by Gasteiger charge is -2.06. The fraction of sp³-hybridized carbons (Fsp3) is 0. The summed E-state index contributed by atoms with van der Waals surface area (Å²) in [6.45, 7) is 0. The molecule has 3 rings (SSSR count). The highest BCUT2D eigenvalue weighted by atomic mass is 16.6. The van der Waals surface area contributed by atoms with Crippen LogP contribution in [0.4, 0.5) is 17.1 Å². The summed E-state index contributed by atoms with van der Waals surface area (Å²) in [6.07, 6.45) is 1.75. The Labute approximate surface area is 134 Å². The number of carbonyl (C=O) groups excluding carboxylic acids is 1. The number of aromatic amines is 1. The number of fused-ring (bicyclic) bond motifs is 1. The van der Waals surface area contributed by atoms with E-state index in [1.807, 2.05) is 6.07 Å². The molecule has 1 aromatic heterocycles. The van der Waals surface area contributed by atoms with Crippen molar-refractivity contribution in [3.63, 3.8) is 0 Å². The van der Waals surface area contributed by atoms with Gasteiger partial charge in [-0.15, -0.1) is 0 Å². The highest BCUT2D eigenvalue weighted by Gasteiger charge is 2.20. The first-order valence-corrected chi connectivity index (χ1v) is 6.76. The van der Waals surface area contributed by atoms with Gasteiger partial charge in [-0.1, -0.05) is 0 Å². The number of benzene rings is 2. The number of hydrogen-bond donors (Lipinski definition) is 2. The van der Waals surface area contributed by atoms with Crippen LogP contribution < -0.4 is 5.32 Å². The standard InChI is InChI=1S/C15H10N4O5/c20-15(17-11-1-2-14-9(5-11)3-4-16-14)10-6-12(18(21)22)8-13(7-10)19(23)24/h1-8,16H,(H,17,20). The van der Waals surface area contributed by atoms with E-state index in [1.54, 1.807) is 24.4 Å². The number of H-pyrrole nitrogens is 1. The minimum absolute atomic E-state index is 0.162. The highest BCUT2D eigenvalue weighted by molar-refractivity contribution is 6.05. The van der Waals surface area contributed by atoms with Crippen LogP contribution in [0.1, 0.15) is 10.4 Å². The first-order valence-electron chi connectivity index (χ1n) is 6.76. The molecular formula is C15H10N4O5. The molecule has 0 atom stereocenters. The van der Waals surface area contributed by atoms with Gasteiger partial charge < -0.3 is 10.3 Å². The van der Waals surface area contributed by atoms with Crippen molar-refractivity contribution in [3.8, 4) is 0 Å². The molecule has 0 fully saturated rings. The lowest BCUT2D eigenvalue weighted by molar-refractivity contribution is -0.394. The number of rotatable bonds is 4. The van der Waals surface area contributed by atoms with E-state index in [2.05, 4.69) is 10.3 Å². The molecule has 9 heteroatoms. The largest absolute Gasteiger partial charge is 0.361 e. The van der Waals surface area contributed by atoms with Crippen LogP contribution in [0.15, 0.2) is 48.7 Å². The monoisotopic (exact) mass is 326 g/mol. The fourth-order valence-corrected chi connectivity index (χ4v) is 2.27. The molecule has 1 heterocycles. The lowest BCUT2D eigenvalue weighted by Crippen LogP contribution is -2.12. The van der Waals surface area contributed by atoms with Crippen molar-refractivity contribution in [1.29, 1.82) is 0 Å². The van der Waals surface area contributed by atoms with E-state index in [1.165, 1.54) is 0 Å². The summed E-state index contributed by atoms with van der Waals surface area (Å²) in [4.78, 5) is 35.5. The second kappa shape index (κ2) is 5.80. The second-order valence-corrected chi connectivity index (χ2v) is 4.99. The molecule has 0 aliphatic carbocycles. The van der Waals surface area contributed by atoms with Crippen molar-refractivity contribution in [2.45, 2.75) is 0 Å². The Hall–Kier alpha value is -3.75. The van der Waals surface area contributed by atoms with Crippen LogP contribution in [0.2, 0.25) is 0 Å². The van der Waals surface area contributed by atoms with Crippen LogP contribution in [0, 0.1) is 20.2 Å². The Balaban J connectivity index is 1.93. The first-order chi connectivity index (χ1) is 11.4. The smallest absolute Gasteiger partial charge is 0.277 e. The molecule has 2 N–H and O–H groups in total. The fourth-order valence-electron chi connectivity index (χ4n) is 2.27. The number of hydrogen-bond acceptors (Lipinski definition) is 5. The van der Waals surface area contributed by atoms with Gasteiger partial charge in [-0.2, -0.15) is 0 Å².